The molecule has 0 aromatic carbocycles. The lowest BCUT2D eigenvalue weighted by atomic mass is 10.2. The van der Waals surface area contributed by atoms with Gasteiger partial charge < -0.3 is 9.67 Å². The van der Waals surface area contributed by atoms with Crippen molar-refractivity contribution in [2.24, 2.45) is 0 Å². The molecule has 0 amide bonds. The van der Waals surface area contributed by atoms with Gasteiger partial charge in [-0.2, -0.15) is 0 Å². The molecule has 0 aliphatic rings. The highest BCUT2D eigenvalue weighted by molar-refractivity contribution is 5.89. The largest absolute Gasteiger partial charge is 0.478 e. The molecular formula is C14H16N2O2. The molecule has 0 saturated carbocycles. The number of rotatable bonds is 2. The molecule has 0 bridgehead atoms. The van der Waals surface area contributed by atoms with Gasteiger partial charge in [-0.15, -0.1) is 0 Å². The van der Waals surface area contributed by atoms with Crippen molar-refractivity contribution in [1.82, 2.24) is 9.55 Å². The summed E-state index contributed by atoms with van der Waals surface area (Å²) in [5.41, 5.74) is 4.76. The first-order valence-corrected chi connectivity index (χ1v) is 5.78. The molecule has 2 heterocycles. The third-order valence-electron chi connectivity index (χ3n) is 3.10. The van der Waals surface area contributed by atoms with Crippen molar-refractivity contribution in [3.8, 4) is 5.69 Å². The number of aromatic nitrogens is 2. The summed E-state index contributed by atoms with van der Waals surface area (Å²) in [6.45, 7) is 7.59. The number of carboxylic acids is 1. The van der Waals surface area contributed by atoms with Crippen LogP contribution in [-0.4, -0.2) is 20.6 Å². The maximum atomic E-state index is 11.1. The van der Waals surface area contributed by atoms with Crippen molar-refractivity contribution >= 4 is 5.97 Å². The summed E-state index contributed by atoms with van der Waals surface area (Å²) in [6, 6.07) is 5.60. The number of aromatic carboxylic acids is 1. The van der Waals surface area contributed by atoms with Crippen LogP contribution in [0.2, 0.25) is 0 Å². The van der Waals surface area contributed by atoms with Gasteiger partial charge >= 0.3 is 5.97 Å². The Hall–Kier alpha value is -2.10. The predicted octanol–water partition coefficient (Wildman–Crippen LogP) is 2.80. The Morgan fingerprint density at radius 3 is 2.39 bits per heavy atom. The van der Waals surface area contributed by atoms with Crippen LogP contribution < -0.4 is 0 Å². The Bertz CT molecular complexity index is 627. The summed E-state index contributed by atoms with van der Waals surface area (Å²) in [5.74, 6) is -0.896. The first-order valence-electron chi connectivity index (χ1n) is 5.78. The van der Waals surface area contributed by atoms with Crippen LogP contribution in [0.5, 0.6) is 0 Å². The lowest BCUT2D eigenvalue weighted by Crippen LogP contribution is -2.05. The van der Waals surface area contributed by atoms with Gasteiger partial charge in [0.15, 0.2) is 0 Å². The monoisotopic (exact) mass is 244 g/mol. The number of carboxylic acid groups (broad SMARTS) is 1. The highest BCUT2D eigenvalue weighted by Gasteiger charge is 2.16. The zero-order chi connectivity index (χ0) is 13.4. The minimum atomic E-state index is -0.896. The number of carbonyl (C=O) groups is 1. The molecule has 0 saturated heterocycles. The zero-order valence-corrected chi connectivity index (χ0v) is 11.0. The molecule has 4 heteroatoms. The third-order valence-corrected chi connectivity index (χ3v) is 3.10. The Morgan fingerprint density at radius 1 is 1.22 bits per heavy atom. The van der Waals surface area contributed by atoms with Gasteiger partial charge in [-0.3, -0.25) is 4.98 Å². The van der Waals surface area contributed by atoms with Gasteiger partial charge in [0.1, 0.15) is 0 Å². The molecule has 2 aromatic heterocycles. The van der Waals surface area contributed by atoms with Crippen LogP contribution in [0.4, 0.5) is 0 Å². The van der Waals surface area contributed by atoms with Crippen LogP contribution in [-0.2, 0) is 0 Å². The maximum Gasteiger partial charge on any atom is 0.337 e. The van der Waals surface area contributed by atoms with Gasteiger partial charge in [-0.05, 0) is 45.9 Å². The summed E-state index contributed by atoms with van der Waals surface area (Å²) in [6.07, 6.45) is 0. The summed E-state index contributed by atoms with van der Waals surface area (Å²) < 4.78 is 1.94. The predicted molar refractivity (Wildman–Crippen MR) is 69.5 cm³/mol. The van der Waals surface area contributed by atoms with Gasteiger partial charge in [-0.1, -0.05) is 0 Å². The smallest absolute Gasteiger partial charge is 0.337 e. The van der Waals surface area contributed by atoms with E-state index in [0.29, 0.717) is 5.56 Å². The van der Waals surface area contributed by atoms with Gasteiger partial charge in [0, 0.05) is 17.1 Å². The Labute approximate surface area is 106 Å². The second-order valence-electron chi connectivity index (χ2n) is 4.48. The minimum absolute atomic E-state index is 0.340. The molecule has 0 aliphatic heterocycles. The number of nitrogens with zero attached hydrogens (tertiary/aromatic N) is 2. The van der Waals surface area contributed by atoms with Gasteiger partial charge in [0.05, 0.1) is 16.9 Å². The molecule has 0 spiro atoms. The highest BCUT2D eigenvalue weighted by atomic mass is 16.4. The van der Waals surface area contributed by atoms with Crippen LogP contribution in [0.15, 0.2) is 18.2 Å². The molecule has 0 unspecified atom stereocenters. The van der Waals surface area contributed by atoms with E-state index in [4.69, 9.17) is 5.11 Å². The highest BCUT2D eigenvalue weighted by Crippen LogP contribution is 2.22. The van der Waals surface area contributed by atoms with Crippen LogP contribution in [0.3, 0.4) is 0 Å². The molecule has 2 rings (SSSR count). The lowest BCUT2D eigenvalue weighted by Gasteiger charge is -2.12. The topological polar surface area (TPSA) is 55.1 Å². The number of hydrogen-bond donors (Lipinski definition) is 1. The summed E-state index contributed by atoms with van der Waals surface area (Å²) in [5, 5.41) is 9.13. The molecule has 0 fully saturated rings. The second kappa shape index (κ2) is 4.29. The molecule has 4 nitrogen and oxygen atoms in total. The average Bonchev–Trinajstić information content (AvgIpc) is 2.56. The minimum Gasteiger partial charge on any atom is -0.478 e. The normalized spacial score (nSPS) is 10.7. The average molecular weight is 244 g/mol. The van der Waals surface area contributed by atoms with E-state index in [1.54, 1.807) is 6.07 Å². The van der Waals surface area contributed by atoms with E-state index in [9.17, 15) is 4.79 Å². The fourth-order valence-electron chi connectivity index (χ4n) is 2.27. The Balaban J connectivity index is 2.68. The SMILES string of the molecule is Cc1ccc(-n2c(C)cc(C(=O)O)c2C)c(C)n1. The summed E-state index contributed by atoms with van der Waals surface area (Å²) in [4.78, 5) is 15.5. The lowest BCUT2D eigenvalue weighted by molar-refractivity contribution is 0.0696. The maximum absolute atomic E-state index is 11.1. The van der Waals surface area contributed by atoms with Crippen LogP contribution in [0.1, 0.15) is 33.1 Å². The van der Waals surface area contributed by atoms with Crippen LogP contribution in [0.25, 0.3) is 5.69 Å². The standard InChI is InChI=1S/C14H16N2O2/c1-8-5-6-13(10(3)15-8)16-9(2)7-12(11(16)4)14(17)18/h5-7H,1-4H3,(H,17,18). The summed E-state index contributed by atoms with van der Waals surface area (Å²) >= 11 is 0. The van der Waals surface area contributed by atoms with E-state index < -0.39 is 5.97 Å². The van der Waals surface area contributed by atoms with E-state index in [1.807, 2.05) is 44.4 Å². The van der Waals surface area contributed by atoms with E-state index in [0.717, 1.165) is 28.5 Å². The van der Waals surface area contributed by atoms with Crippen molar-refractivity contribution in [1.29, 1.82) is 0 Å². The van der Waals surface area contributed by atoms with E-state index >= 15 is 0 Å². The molecular weight excluding hydrogens is 228 g/mol. The van der Waals surface area contributed by atoms with Crippen LogP contribution >= 0.6 is 0 Å². The third kappa shape index (κ3) is 1.90. The number of aryl methyl sites for hydroxylation is 3. The molecule has 0 atom stereocenters. The first kappa shape index (κ1) is 12.4. The number of pyridine rings is 1. The van der Waals surface area contributed by atoms with Gasteiger partial charge in [0.25, 0.3) is 0 Å². The molecule has 94 valence electrons. The Morgan fingerprint density at radius 2 is 1.89 bits per heavy atom. The second-order valence-corrected chi connectivity index (χ2v) is 4.48. The fraction of sp³-hybridized carbons (Fsp3) is 0.286. The van der Waals surface area contributed by atoms with Crippen molar-refractivity contribution in [2.45, 2.75) is 27.7 Å². The van der Waals surface area contributed by atoms with Gasteiger partial charge in [-0.25, -0.2) is 4.79 Å². The molecule has 18 heavy (non-hydrogen) atoms. The number of hydrogen-bond acceptors (Lipinski definition) is 2. The van der Waals surface area contributed by atoms with Gasteiger partial charge in [0.2, 0.25) is 0 Å². The fourth-order valence-corrected chi connectivity index (χ4v) is 2.27. The summed E-state index contributed by atoms with van der Waals surface area (Å²) in [7, 11) is 0. The molecule has 0 radical (unpaired) electrons. The van der Waals surface area contributed by atoms with Crippen molar-refractivity contribution in [2.75, 3.05) is 0 Å². The van der Waals surface area contributed by atoms with Crippen molar-refractivity contribution in [3.05, 3.63) is 46.5 Å². The molecule has 1 N–H and O–H groups in total. The van der Waals surface area contributed by atoms with Crippen molar-refractivity contribution in [3.63, 3.8) is 0 Å². The van der Waals surface area contributed by atoms with E-state index in [1.165, 1.54) is 0 Å². The quantitative estimate of drug-likeness (QED) is 0.883. The van der Waals surface area contributed by atoms with E-state index in [2.05, 4.69) is 4.98 Å². The van der Waals surface area contributed by atoms with Crippen LogP contribution in [0, 0.1) is 27.7 Å². The first-order chi connectivity index (χ1) is 8.41. The Kier molecular flexibility index (Phi) is 2.95. The molecule has 2 aromatic rings. The zero-order valence-electron chi connectivity index (χ0n) is 11.0. The van der Waals surface area contributed by atoms with E-state index in [-0.39, 0.29) is 0 Å². The molecule has 0 aliphatic carbocycles. The van der Waals surface area contributed by atoms with Crippen molar-refractivity contribution < 1.29 is 9.90 Å².